The van der Waals surface area contributed by atoms with Gasteiger partial charge in [0.25, 0.3) is 5.69 Å². The molecule has 0 spiro atoms. The maximum Gasteiger partial charge on any atom is 0.295 e. The van der Waals surface area contributed by atoms with Crippen LogP contribution in [0.5, 0.6) is 0 Å². The van der Waals surface area contributed by atoms with Crippen molar-refractivity contribution in [1.82, 2.24) is 4.98 Å². The Bertz CT molecular complexity index is 584. The number of para-hydroxylation sites is 1. The first kappa shape index (κ1) is 13.0. The lowest BCUT2D eigenvalue weighted by atomic mass is 10.1. The van der Waals surface area contributed by atoms with Crippen molar-refractivity contribution in [3.8, 4) is 0 Å². The van der Waals surface area contributed by atoms with Crippen LogP contribution in [0.1, 0.15) is 24.1 Å². The van der Waals surface area contributed by atoms with Gasteiger partial charge in [-0.2, -0.15) is 0 Å². The number of pyridine rings is 1. The molecule has 0 aliphatic carbocycles. The lowest BCUT2D eigenvalue weighted by Gasteiger charge is -2.15. The Morgan fingerprint density at radius 3 is 2.74 bits per heavy atom. The van der Waals surface area contributed by atoms with Crippen LogP contribution in [0, 0.1) is 17.0 Å². The quantitative estimate of drug-likeness (QED) is 0.672. The number of rotatable bonds is 4. The van der Waals surface area contributed by atoms with Gasteiger partial charge in [0.15, 0.2) is 0 Å². The van der Waals surface area contributed by atoms with Gasteiger partial charge in [-0.05, 0) is 31.5 Å². The van der Waals surface area contributed by atoms with Crippen molar-refractivity contribution < 1.29 is 4.92 Å². The van der Waals surface area contributed by atoms with Crippen molar-refractivity contribution in [2.45, 2.75) is 19.9 Å². The van der Waals surface area contributed by atoms with Crippen LogP contribution in [0.15, 0.2) is 42.7 Å². The highest BCUT2D eigenvalue weighted by molar-refractivity contribution is 5.65. The van der Waals surface area contributed by atoms with E-state index in [1.54, 1.807) is 37.5 Å². The minimum atomic E-state index is -0.354. The van der Waals surface area contributed by atoms with E-state index in [0.29, 0.717) is 11.3 Å². The molecule has 2 rings (SSSR count). The first-order valence-corrected chi connectivity index (χ1v) is 6.00. The molecule has 0 saturated heterocycles. The molecule has 1 heterocycles. The van der Waals surface area contributed by atoms with Crippen LogP contribution < -0.4 is 5.32 Å². The average molecular weight is 257 g/mol. The number of hydrogen-bond acceptors (Lipinski definition) is 4. The molecule has 5 heteroatoms. The number of benzene rings is 1. The Hall–Kier alpha value is -2.43. The normalized spacial score (nSPS) is 11.9. The average Bonchev–Trinajstić information content (AvgIpc) is 2.39. The van der Waals surface area contributed by atoms with Crippen molar-refractivity contribution in [3.63, 3.8) is 0 Å². The molecule has 0 aliphatic heterocycles. The van der Waals surface area contributed by atoms with Crippen LogP contribution in [-0.2, 0) is 0 Å². The van der Waals surface area contributed by atoms with E-state index >= 15 is 0 Å². The first-order chi connectivity index (χ1) is 9.09. The molecule has 1 unspecified atom stereocenters. The van der Waals surface area contributed by atoms with Gasteiger partial charge in [-0.15, -0.1) is 0 Å². The zero-order valence-corrected chi connectivity index (χ0v) is 10.8. The van der Waals surface area contributed by atoms with Crippen LogP contribution >= 0.6 is 0 Å². The number of nitro benzene ring substituents is 1. The van der Waals surface area contributed by atoms with Gasteiger partial charge in [-0.3, -0.25) is 15.1 Å². The Morgan fingerprint density at radius 1 is 1.32 bits per heavy atom. The number of anilines is 1. The van der Waals surface area contributed by atoms with Gasteiger partial charge >= 0.3 is 0 Å². The van der Waals surface area contributed by atoms with E-state index in [2.05, 4.69) is 10.3 Å². The van der Waals surface area contributed by atoms with Crippen molar-refractivity contribution in [2.24, 2.45) is 0 Å². The van der Waals surface area contributed by atoms with Gasteiger partial charge in [-0.1, -0.05) is 18.2 Å². The van der Waals surface area contributed by atoms with E-state index < -0.39 is 0 Å². The molecule has 1 aromatic carbocycles. The second kappa shape index (κ2) is 5.48. The third-order valence-electron chi connectivity index (χ3n) is 2.98. The van der Waals surface area contributed by atoms with Crippen LogP contribution in [0.25, 0.3) is 0 Å². The summed E-state index contributed by atoms with van der Waals surface area (Å²) in [6.07, 6.45) is 3.45. The summed E-state index contributed by atoms with van der Waals surface area (Å²) in [5, 5.41) is 14.3. The zero-order valence-electron chi connectivity index (χ0n) is 10.8. The van der Waals surface area contributed by atoms with Gasteiger partial charge in [0, 0.05) is 18.0 Å². The van der Waals surface area contributed by atoms with E-state index in [4.69, 9.17) is 0 Å². The lowest BCUT2D eigenvalue weighted by Crippen LogP contribution is -2.09. The maximum atomic E-state index is 11.1. The summed E-state index contributed by atoms with van der Waals surface area (Å²) >= 11 is 0. The molecule has 0 amide bonds. The van der Waals surface area contributed by atoms with E-state index in [0.717, 1.165) is 5.56 Å². The van der Waals surface area contributed by atoms with Crippen molar-refractivity contribution in [2.75, 3.05) is 5.32 Å². The van der Waals surface area contributed by atoms with E-state index in [1.165, 1.54) is 0 Å². The van der Waals surface area contributed by atoms with E-state index in [-0.39, 0.29) is 16.7 Å². The highest BCUT2D eigenvalue weighted by atomic mass is 16.6. The van der Waals surface area contributed by atoms with Crippen LogP contribution in [0.3, 0.4) is 0 Å². The fraction of sp³-hybridized carbons (Fsp3) is 0.214. The van der Waals surface area contributed by atoms with Gasteiger partial charge in [-0.25, -0.2) is 0 Å². The Labute approximate surface area is 111 Å². The molecule has 0 radical (unpaired) electrons. The highest BCUT2D eigenvalue weighted by Crippen LogP contribution is 2.30. The smallest absolute Gasteiger partial charge is 0.295 e. The predicted octanol–water partition coefficient (Wildman–Crippen LogP) is 3.47. The summed E-state index contributed by atoms with van der Waals surface area (Å²) in [6, 6.07) is 9.00. The van der Waals surface area contributed by atoms with Gasteiger partial charge in [0.1, 0.15) is 5.69 Å². The second-order valence-corrected chi connectivity index (χ2v) is 4.38. The largest absolute Gasteiger partial charge is 0.373 e. The molecule has 1 atom stereocenters. The monoisotopic (exact) mass is 257 g/mol. The summed E-state index contributed by atoms with van der Waals surface area (Å²) in [6.45, 7) is 3.68. The zero-order chi connectivity index (χ0) is 13.8. The van der Waals surface area contributed by atoms with Crippen molar-refractivity contribution >= 4 is 11.4 Å². The molecule has 0 fully saturated rings. The molecule has 5 nitrogen and oxygen atoms in total. The third-order valence-corrected chi connectivity index (χ3v) is 2.98. The van der Waals surface area contributed by atoms with E-state index in [9.17, 15) is 10.1 Å². The van der Waals surface area contributed by atoms with Crippen LogP contribution in [0.4, 0.5) is 11.4 Å². The SMILES string of the molecule is Cc1cccc(NC(C)c2cccnc2)c1[N+](=O)[O-]. The Morgan fingerprint density at radius 2 is 2.11 bits per heavy atom. The fourth-order valence-electron chi connectivity index (χ4n) is 1.97. The standard InChI is InChI=1S/C14H15N3O2/c1-10-5-3-7-13(14(10)17(18)19)16-11(2)12-6-4-8-15-9-12/h3-9,11,16H,1-2H3. The minimum absolute atomic E-state index is 0.0470. The number of nitrogens with one attached hydrogen (secondary N) is 1. The fourth-order valence-corrected chi connectivity index (χ4v) is 1.97. The number of hydrogen-bond donors (Lipinski definition) is 1. The van der Waals surface area contributed by atoms with Gasteiger partial charge < -0.3 is 5.32 Å². The summed E-state index contributed by atoms with van der Waals surface area (Å²) in [4.78, 5) is 14.8. The third kappa shape index (κ3) is 2.88. The van der Waals surface area contributed by atoms with E-state index in [1.807, 2.05) is 19.1 Å². The number of aromatic nitrogens is 1. The van der Waals surface area contributed by atoms with Crippen molar-refractivity contribution in [1.29, 1.82) is 0 Å². The Kier molecular flexibility index (Phi) is 3.75. The number of nitro groups is 1. The number of aryl methyl sites for hydroxylation is 1. The predicted molar refractivity (Wildman–Crippen MR) is 74.1 cm³/mol. The molecular weight excluding hydrogens is 242 g/mol. The molecule has 1 aromatic heterocycles. The first-order valence-electron chi connectivity index (χ1n) is 6.00. The minimum Gasteiger partial charge on any atom is -0.373 e. The molecule has 98 valence electrons. The molecule has 2 aromatic rings. The molecule has 1 N–H and O–H groups in total. The summed E-state index contributed by atoms with van der Waals surface area (Å²) in [7, 11) is 0. The molecule has 0 aliphatic rings. The second-order valence-electron chi connectivity index (χ2n) is 4.38. The molecule has 0 saturated carbocycles. The molecule has 19 heavy (non-hydrogen) atoms. The topological polar surface area (TPSA) is 68.1 Å². The maximum absolute atomic E-state index is 11.1. The molecule has 0 bridgehead atoms. The Balaban J connectivity index is 2.29. The van der Waals surface area contributed by atoms with Crippen LogP contribution in [-0.4, -0.2) is 9.91 Å². The molecular formula is C14H15N3O2. The van der Waals surface area contributed by atoms with Gasteiger partial charge in [0.05, 0.1) is 11.0 Å². The van der Waals surface area contributed by atoms with Crippen molar-refractivity contribution in [3.05, 3.63) is 64.0 Å². The number of nitrogens with zero attached hydrogens (tertiary/aromatic N) is 2. The lowest BCUT2D eigenvalue weighted by molar-refractivity contribution is -0.384. The highest BCUT2D eigenvalue weighted by Gasteiger charge is 2.18. The summed E-state index contributed by atoms with van der Waals surface area (Å²) in [5.41, 5.74) is 2.28. The van der Waals surface area contributed by atoms with Gasteiger partial charge in [0.2, 0.25) is 0 Å². The summed E-state index contributed by atoms with van der Waals surface area (Å²) in [5.74, 6) is 0. The summed E-state index contributed by atoms with van der Waals surface area (Å²) < 4.78 is 0. The van der Waals surface area contributed by atoms with Crippen LogP contribution in [0.2, 0.25) is 0 Å².